The van der Waals surface area contributed by atoms with Gasteiger partial charge < -0.3 is 9.67 Å². The Morgan fingerprint density at radius 2 is 1.43 bits per heavy atom. The number of hydrogen-bond donors (Lipinski definition) is 1. The van der Waals surface area contributed by atoms with Gasteiger partial charge in [0, 0.05) is 35.3 Å². The molecule has 0 radical (unpaired) electrons. The number of aliphatic hydroxyl groups is 1. The fourth-order valence-electron chi connectivity index (χ4n) is 3.52. The summed E-state index contributed by atoms with van der Waals surface area (Å²) in [6, 6.07) is 26.9. The number of rotatable bonds is 5. The first-order valence-corrected chi connectivity index (χ1v) is 9.24. The molecule has 4 rings (SSSR count). The lowest BCUT2D eigenvalue weighted by molar-refractivity contribution is 0.0821. The van der Waals surface area contributed by atoms with Crippen LogP contribution in [0.15, 0.2) is 97.2 Å². The molecule has 3 heteroatoms. The lowest BCUT2D eigenvalue weighted by Crippen LogP contribution is -2.18. The maximum atomic E-state index is 12.7. The molecule has 1 N–H and O–H groups in total. The van der Waals surface area contributed by atoms with E-state index in [9.17, 15) is 9.90 Å². The fraction of sp³-hybridized carbons (Fsp3) is 0.0800. The van der Waals surface area contributed by atoms with E-state index in [-0.39, 0.29) is 5.78 Å². The number of hydrogen-bond acceptors (Lipinski definition) is 2. The van der Waals surface area contributed by atoms with Gasteiger partial charge in [0.25, 0.3) is 0 Å². The number of Topliss-reactive ketones (excluding diaryl/α,β-unsaturated/α-hetero) is 1. The van der Waals surface area contributed by atoms with E-state index in [0.717, 1.165) is 27.6 Å². The number of ketones is 1. The van der Waals surface area contributed by atoms with Gasteiger partial charge >= 0.3 is 0 Å². The zero-order valence-electron chi connectivity index (χ0n) is 15.6. The minimum absolute atomic E-state index is 0.311. The molecule has 0 aliphatic heterocycles. The third-order valence-electron chi connectivity index (χ3n) is 4.92. The van der Waals surface area contributed by atoms with E-state index >= 15 is 0 Å². The Bertz CT molecular complexity index is 1140. The average Bonchev–Trinajstić information content (AvgIpc) is 3.09. The van der Waals surface area contributed by atoms with E-state index in [1.165, 1.54) is 0 Å². The van der Waals surface area contributed by atoms with Crippen LogP contribution in [0.1, 0.15) is 21.5 Å². The number of para-hydroxylation sites is 1. The predicted octanol–water partition coefficient (Wildman–Crippen LogP) is 4.85. The van der Waals surface area contributed by atoms with Crippen LogP contribution in [0.25, 0.3) is 16.5 Å². The maximum Gasteiger partial charge on any atom is 0.195 e. The van der Waals surface area contributed by atoms with Crippen LogP contribution in [0.4, 0.5) is 0 Å². The Kier molecular flexibility index (Phi) is 4.92. The monoisotopic (exact) mass is 367 g/mol. The van der Waals surface area contributed by atoms with Crippen molar-refractivity contribution in [2.75, 3.05) is 0 Å². The number of benzene rings is 3. The Morgan fingerprint density at radius 1 is 0.857 bits per heavy atom. The molecule has 28 heavy (non-hydrogen) atoms. The molecule has 0 unspecified atom stereocenters. The van der Waals surface area contributed by atoms with E-state index in [1.807, 2.05) is 61.8 Å². The highest BCUT2D eigenvalue weighted by Gasteiger charge is 2.19. The van der Waals surface area contributed by atoms with Crippen molar-refractivity contribution in [2.45, 2.75) is 6.10 Å². The summed E-state index contributed by atoms with van der Waals surface area (Å²) in [5.74, 6) is -0.311. The molecule has 1 atom stereocenters. The second kappa shape index (κ2) is 7.67. The molecule has 0 saturated heterocycles. The molecule has 3 aromatic carbocycles. The minimum atomic E-state index is -1.23. The second-order valence-electron chi connectivity index (χ2n) is 6.79. The number of carbonyl (C=O) groups is 1. The van der Waals surface area contributed by atoms with Crippen LogP contribution in [-0.2, 0) is 7.05 Å². The first-order chi connectivity index (χ1) is 13.6. The zero-order valence-corrected chi connectivity index (χ0v) is 15.6. The fourth-order valence-corrected chi connectivity index (χ4v) is 3.52. The summed E-state index contributed by atoms with van der Waals surface area (Å²) in [7, 11) is 2.00. The zero-order chi connectivity index (χ0) is 19.5. The van der Waals surface area contributed by atoms with Crippen LogP contribution in [0.5, 0.6) is 0 Å². The van der Waals surface area contributed by atoms with Crippen molar-refractivity contribution in [2.24, 2.45) is 7.05 Å². The van der Waals surface area contributed by atoms with Crippen molar-refractivity contribution in [3.05, 3.63) is 114 Å². The van der Waals surface area contributed by atoms with Crippen molar-refractivity contribution in [3.8, 4) is 0 Å². The van der Waals surface area contributed by atoms with Crippen molar-refractivity contribution < 1.29 is 9.90 Å². The van der Waals surface area contributed by atoms with Crippen LogP contribution in [-0.4, -0.2) is 21.6 Å². The van der Waals surface area contributed by atoms with Gasteiger partial charge in [0.1, 0.15) is 6.10 Å². The molecule has 0 bridgehead atoms. The van der Waals surface area contributed by atoms with Gasteiger partial charge in [-0.1, -0.05) is 78.9 Å². The van der Waals surface area contributed by atoms with Gasteiger partial charge in [-0.3, -0.25) is 4.79 Å². The number of carbonyl (C=O) groups excluding carboxylic acids is 1. The largest absolute Gasteiger partial charge is 0.381 e. The molecule has 0 spiro atoms. The smallest absolute Gasteiger partial charge is 0.195 e. The molecular weight excluding hydrogens is 346 g/mol. The summed E-state index contributed by atoms with van der Waals surface area (Å²) >= 11 is 0. The third-order valence-corrected chi connectivity index (χ3v) is 4.92. The SMILES string of the molecule is Cn1cc(/C(=C/[C@@H](O)C(=O)c2ccccc2)c2ccccc2)c2ccccc21. The molecule has 3 nitrogen and oxygen atoms in total. The number of fused-ring (bicyclic) bond motifs is 1. The molecule has 0 amide bonds. The summed E-state index contributed by atoms with van der Waals surface area (Å²) in [6.07, 6.45) is 2.48. The van der Waals surface area contributed by atoms with Crippen LogP contribution >= 0.6 is 0 Å². The highest BCUT2D eigenvalue weighted by Crippen LogP contribution is 2.31. The predicted molar refractivity (Wildman–Crippen MR) is 113 cm³/mol. The van der Waals surface area contributed by atoms with Crippen LogP contribution in [0.3, 0.4) is 0 Å². The second-order valence-corrected chi connectivity index (χ2v) is 6.79. The van der Waals surface area contributed by atoms with Crippen LogP contribution < -0.4 is 0 Å². The highest BCUT2D eigenvalue weighted by molar-refractivity contribution is 6.03. The number of aromatic nitrogens is 1. The van der Waals surface area contributed by atoms with Gasteiger partial charge in [0.2, 0.25) is 0 Å². The van der Waals surface area contributed by atoms with Crippen molar-refractivity contribution >= 4 is 22.3 Å². The van der Waals surface area contributed by atoms with Crippen LogP contribution in [0, 0.1) is 0 Å². The lowest BCUT2D eigenvalue weighted by atomic mass is 9.94. The molecule has 0 aliphatic carbocycles. The Morgan fingerprint density at radius 3 is 2.11 bits per heavy atom. The maximum absolute atomic E-state index is 12.7. The summed E-state index contributed by atoms with van der Waals surface area (Å²) in [6.45, 7) is 0. The Hall–Kier alpha value is -3.43. The summed E-state index contributed by atoms with van der Waals surface area (Å²) in [5, 5.41) is 11.8. The van der Waals surface area contributed by atoms with Gasteiger partial charge in [0.15, 0.2) is 5.78 Å². The van der Waals surface area contributed by atoms with Crippen molar-refractivity contribution in [1.29, 1.82) is 0 Å². The van der Waals surface area contributed by atoms with Gasteiger partial charge in [-0.15, -0.1) is 0 Å². The topological polar surface area (TPSA) is 42.2 Å². The first-order valence-electron chi connectivity index (χ1n) is 9.24. The van der Waals surface area contributed by atoms with E-state index < -0.39 is 6.10 Å². The molecule has 1 heterocycles. The minimum Gasteiger partial charge on any atom is -0.381 e. The quantitative estimate of drug-likeness (QED) is 0.512. The molecule has 0 fully saturated rings. The molecule has 1 aromatic heterocycles. The highest BCUT2D eigenvalue weighted by atomic mass is 16.3. The van der Waals surface area contributed by atoms with Crippen molar-refractivity contribution in [3.63, 3.8) is 0 Å². The van der Waals surface area contributed by atoms with E-state index in [1.54, 1.807) is 30.3 Å². The van der Waals surface area contributed by atoms with Gasteiger partial charge in [-0.25, -0.2) is 0 Å². The lowest BCUT2D eigenvalue weighted by Gasteiger charge is -2.11. The van der Waals surface area contributed by atoms with E-state index in [0.29, 0.717) is 5.56 Å². The Labute approximate surface area is 164 Å². The molecular formula is C25H21NO2. The normalized spacial score (nSPS) is 12.9. The molecule has 0 aliphatic rings. The number of aliphatic hydroxyl groups excluding tert-OH is 1. The van der Waals surface area contributed by atoms with E-state index in [2.05, 4.69) is 16.7 Å². The van der Waals surface area contributed by atoms with Gasteiger partial charge in [-0.05, 0) is 23.3 Å². The standard InChI is InChI=1S/C25H21NO2/c1-26-17-22(20-14-8-9-15-23(20)26)21(18-10-4-2-5-11-18)16-24(27)25(28)19-12-6-3-7-13-19/h2-17,24,27H,1H3/b21-16+/t24-/m1/s1. The number of nitrogens with zero attached hydrogens (tertiary/aromatic N) is 1. The average molecular weight is 367 g/mol. The number of aryl methyl sites for hydroxylation is 1. The Balaban J connectivity index is 1.85. The summed E-state index contributed by atoms with van der Waals surface area (Å²) < 4.78 is 2.06. The van der Waals surface area contributed by atoms with Crippen molar-refractivity contribution in [1.82, 2.24) is 4.57 Å². The molecule has 4 aromatic rings. The van der Waals surface area contributed by atoms with Gasteiger partial charge in [-0.2, -0.15) is 0 Å². The summed E-state index contributed by atoms with van der Waals surface area (Å²) in [5.41, 5.74) is 4.39. The van der Waals surface area contributed by atoms with Crippen LogP contribution in [0.2, 0.25) is 0 Å². The third kappa shape index (κ3) is 3.40. The van der Waals surface area contributed by atoms with E-state index in [4.69, 9.17) is 0 Å². The first kappa shape index (κ1) is 18.0. The molecule has 138 valence electrons. The molecule has 0 saturated carbocycles. The summed E-state index contributed by atoms with van der Waals surface area (Å²) in [4.78, 5) is 12.7. The van der Waals surface area contributed by atoms with Gasteiger partial charge in [0.05, 0.1) is 0 Å².